The van der Waals surface area contributed by atoms with Crippen molar-refractivity contribution in [3.8, 4) is 0 Å². The summed E-state index contributed by atoms with van der Waals surface area (Å²) in [6.07, 6.45) is 3.26. The molecule has 136 valence electrons. The molecule has 0 spiro atoms. The summed E-state index contributed by atoms with van der Waals surface area (Å²) in [5, 5.41) is 2.18. The molecular formula is C22H22N4O. The highest BCUT2D eigenvalue weighted by Crippen LogP contribution is 2.47. The van der Waals surface area contributed by atoms with Crippen LogP contribution in [-0.4, -0.2) is 22.2 Å². The number of hydrogen-bond acceptors (Lipinski definition) is 5. The molecule has 0 amide bonds. The van der Waals surface area contributed by atoms with E-state index in [2.05, 4.69) is 46.9 Å². The molecule has 1 unspecified atom stereocenters. The lowest BCUT2D eigenvalue weighted by atomic mass is 10.1. The van der Waals surface area contributed by atoms with Gasteiger partial charge in [-0.25, -0.2) is 9.97 Å². The number of benzene rings is 2. The molecule has 5 nitrogen and oxygen atoms in total. The van der Waals surface area contributed by atoms with E-state index < -0.39 is 6.02 Å². The zero-order valence-corrected chi connectivity index (χ0v) is 15.9. The van der Waals surface area contributed by atoms with Gasteiger partial charge in [-0.15, -0.1) is 0 Å². The van der Waals surface area contributed by atoms with Crippen molar-refractivity contribution >= 4 is 39.3 Å². The van der Waals surface area contributed by atoms with Gasteiger partial charge in [0.05, 0.1) is 7.06 Å². The first-order valence-electron chi connectivity index (χ1n) is 9.68. The normalized spacial score (nSPS) is 17.6. The van der Waals surface area contributed by atoms with Gasteiger partial charge in [0.2, 0.25) is 0 Å². The fraction of sp³-hybridized carbons (Fsp3) is 0.273. The number of anilines is 3. The van der Waals surface area contributed by atoms with Crippen molar-refractivity contribution in [2.75, 3.05) is 9.80 Å². The van der Waals surface area contributed by atoms with Gasteiger partial charge >= 0.3 is 0 Å². The maximum atomic E-state index is 8.66. The average Bonchev–Trinajstić information content (AvgIpc) is 3.16. The molecule has 0 bridgehead atoms. The fourth-order valence-electron chi connectivity index (χ4n) is 4.18. The third-order valence-electron chi connectivity index (χ3n) is 5.31. The van der Waals surface area contributed by atoms with Gasteiger partial charge in [-0.2, -0.15) is 0 Å². The molecule has 0 N–H and O–H groups in total. The van der Waals surface area contributed by atoms with Crippen molar-refractivity contribution in [1.29, 1.82) is 0 Å². The minimum absolute atomic E-state index is 0.123. The lowest BCUT2D eigenvalue weighted by Gasteiger charge is -2.32. The largest absolute Gasteiger partial charge is 0.454 e. The van der Waals surface area contributed by atoms with E-state index >= 15 is 0 Å². The highest BCUT2D eigenvalue weighted by Gasteiger charge is 2.39. The van der Waals surface area contributed by atoms with E-state index in [1.807, 2.05) is 36.9 Å². The SMILES string of the molecule is [2H]C(C)(C)N1c2nccnc2N(c2c(C)ccc3c2oc2ccccc23)C1C. The Bertz CT molecular complexity index is 1210. The van der Waals surface area contributed by atoms with Crippen LogP contribution in [0.4, 0.5) is 17.3 Å². The third kappa shape index (κ3) is 2.17. The predicted molar refractivity (Wildman–Crippen MR) is 110 cm³/mol. The second kappa shape index (κ2) is 5.71. The second-order valence-corrected chi connectivity index (χ2v) is 7.23. The van der Waals surface area contributed by atoms with Gasteiger partial charge in [0.15, 0.2) is 17.2 Å². The first kappa shape index (κ1) is 15.0. The van der Waals surface area contributed by atoms with Gasteiger partial charge < -0.3 is 9.32 Å². The average molecular weight is 359 g/mol. The Kier molecular flexibility index (Phi) is 3.18. The number of aryl methyl sites for hydroxylation is 1. The maximum absolute atomic E-state index is 8.66. The predicted octanol–water partition coefficient (Wildman–Crippen LogP) is 5.40. The number of furan rings is 1. The van der Waals surface area contributed by atoms with Gasteiger partial charge in [0.1, 0.15) is 11.7 Å². The second-order valence-electron chi connectivity index (χ2n) is 7.23. The maximum Gasteiger partial charge on any atom is 0.178 e. The van der Waals surface area contributed by atoms with Crippen LogP contribution in [0.25, 0.3) is 21.9 Å². The van der Waals surface area contributed by atoms with Gasteiger partial charge in [-0.3, -0.25) is 4.90 Å². The number of nitrogens with zero attached hydrogens (tertiary/aromatic N) is 4. The Labute approximate surface area is 159 Å². The van der Waals surface area contributed by atoms with Crippen LogP contribution in [0, 0.1) is 6.92 Å². The summed E-state index contributed by atoms with van der Waals surface area (Å²) in [6.45, 7) is 7.92. The van der Waals surface area contributed by atoms with Crippen LogP contribution in [0.15, 0.2) is 53.2 Å². The first-order valence-corrected chi connectivity index (χ1v) is 9.18. The van der Waals surface area contributed by atoms with Gasteiger partial charge in [-0.05, 0) is 39.3 Å². The molecule has 1 aliphatic heterocycles. The van der Waals surface area contributed by atoms with Crippen molar-refractivity contribution in [2.24, 2.45) is 0 Å². The number of aromatic nitrogens is 2. The van der Waals surface area contributed by atoms with E-state index in [1.54, 1.807) is 12.4 Å². The number of rotatable bonds is 2. The topological polar surface area (TPSA) is 45.4 Å². The van der Waals surface area contributed by atoms with Crippen LogP contribution in [0.1, 0.15) is 27.7 Å². The number of fused-ring (bicyclic) bond motifs is 4. The van der Waals surface area contributed by atoms with E-state index in [0.717, 1.165) is 44.8 Å². The van der Waals surface area contributed by atoms with Crippen LogP contribution in [-0.2, 0) is 0 Å². The van der Waals surface area contributed by atoms with Crippen molar-refractivity contribution in [1.82, 2.24) is 9.97 Å². The van der Waals surface area contributed by atoms with E-state index in [9.17, 15) is 0 Å². The zero-order valence-electron chi connectivity index (χ0n) is 16.9. The molecule has 4 aromatic rings. The Balaban J connectivity index is 1.82. The van der Waals surface area contributed by atoms with Crippen LogP contribution < -0.4 is 9.80 Å². The molecule has 27 heavy (non-hydrogen) atoms. The smallest absolute Gasteiger partial charge is 0.178 e. The Morgan fingerprint density at radius 1 is 1.04 bits per heavy atom. The molecule has 1 atom stereocenters. The van der Waals surface area contributed by atoms with Gasteiger partial charge in [0.25, 0.3) is 0 Å². The molecule has 5 rings (SSSR count). The van der Waals surface area contributed by atoms with Crippen LogP contribution in [0.3, 0.4) is 0 Å². The summed E-state index contributed by atoms with van der Waals surface area (Å²) in [5.41, 5.74) is 3.79. The van der Waals surface area contributed by atoms with E-state index in [-0.39, 0.29) is 6.17 Å². The highest BCUT2D eigenvalue weighted by atomic mass is 16.3. The summed E-state index contributed by atoms with van der Waals surface area (Å²) < 4.78 is 15.0. The quantitative estimate of drug-likeness (QED) is 0.480. The van der Waals surface area contributed by atoms with E-state index in [4.69, 9.17) is 5.79 Å². The third-order valence-corrected chi connectivity index (χ3v) is 5.31. The number of para-hydroxylation sites is 1. The van der Waals surface area contributed by atoms with E-state index in [1.165, 1.54) is 0 Å². The summed E-state index contributed by atoms with van der Waals surface area (Å²) in [5.74, 6) is 1.48. The van der Waals surface area contributed by atoms with E-state index in [0.29, 0.717) is 0 Å². The Hall–Kier alpha value is -3.08. The van der Waals surface area contributed by atoms with Crippen molar-refractivity contribution in [3.63, 3.8) is 0 Å². The molecule has 0 saturated carbocycles. The van der Waals surface area contributed by atoms with Crippen molar-refractivity contribution in [2.45, 2.75) is 39.9 Å². The zero-order chi connectivity index (χ0) is 19.6. The summed E-state index contributed by atoms with van der Waals surface area (Å²) in [4.78, 5) is 13.3. The molecule has 3 heterocycles. The monoisotopic (exact) mass is 359 g/mol. The lowest BCUT2D eigenvalue weighted by Crippen LogP contribution is -2.42. The molecular weight excluding hydrogens is 336 g/mol. The molecule has 0 aliphatic carbocycles. The van der Waals surface area contributed by atoms with Crippen LogP contribution >= 0.6 is 0 Å². The molecule has 0 fully saturated rings. The Morgan fingerprint density at radius 3 is 2.56 bits per heavy atom. The molecule has 5 heteroatoms. The minimum atomic E-state index is -0.839. The molecule has 2 aromatic heterocycles. The number of hydrogen-bond donors (Lipinski definition) is 0. The summed E-state index contributed by atoms with van der Waals surface area (Å²) in [6, 6.07) is 11.5. The standard InChI is InChI=1S/C22H22N4O/c1-13(2)25-15(4)26(22-21(25)23-11-12-24-22)19-14(3)9-10-17-16-7-5-6-8-18(16)27-20(17)19/h5-13,15H,1-4H3/i13D. The summed E-state index contributed by atoms with van der Waals surface area (Å²) >= 11 is 0. The molecule has 0 radical (unpaired) electrons. The first-order chi connectivity index (χ1) is 13.4. The van der Waals surface area contributed by atoms with Crippen molar-refractivity contribution in [3.05, 3.63) is 54.4 Å². The van der Waals surface area contributed by atoms with Crippen LogP contribution in [0.5, 0.6) is 0 Å². The minimum Gasteiger partial charge on any atom is -0.454 e. The van der Waals surface area contributed by atoms with Crippen molar-refractivity contribution < 1.29 is 5.79 Å². The fourth-order valence-corrected chi connectivity index (χ4v) is 4.18. The lowest BCUT2D eigenvalue weighted by molar-refractivity contribution is 0.598. The Morgan fingerprint density at radius 2 is 1.78 bits per heavy atom. The van der Waals surface area contributed by atoms with Gasteiger partial charge in [-0.1, -0.05) is 30.3 Å². The molecule has 0 saturated heterocycles. The molecule has 2 aromatic carbocycles. The van der Waals surface area contributed by atoms with Gasteiger partial charge in [0, 0.05) is 29.2 Å². The summed E-state index contributed by atoms with van der Waals surface area (Å²) in [7, 11) is 0. The highest BCUT2D eigenvalue weighted by molar-refractivity contribution is 6.10. The molecule has 1 aliphatic rings. The van der Waals surface area contributed by atoms with Crippen LogP contribution in [0.2, 0.25) is 0 Å².